The van der Waals surface area contributed by atoms with Gasteiger partial charge < -0.3 is 9.84 Å². The van der Waals surface area contributed by atoms with Crippen molar-refractivity contribution in [3.63, 3.8) is 0 Å². The van der Waals surface area contributed by atoms with Gasteiger partial charge in [0, 0.05) is 18.0 Å². The van der Waals surface area contributed by atoms with Crippen molar-refractivity contribution in [1.82, 2.24) is 9.97 Å². The van der Waals surface area contributed by atoms with E-state index in [1.54, 1.807) is 0 Å². The smallest absolute Gasteiger partial charge is 0.306 e. The van der Waals surface area contributed by atoms with Crippen LogP contribution in [0.3, 0.4) is 0 Å². The van der Waals surface area contributed by atoms with Crippen molar-refractivity contribution in [1.29, 1.82) is 0 Å². The van der Waals surface area contributed by atoms with Gasteiger partial charge in [-0.15, -0.1) is 0 Å². The molecule has 1 unspecified atom stereocenters. The molecule has 1 aliphatic carbocycles. The van der Waals surface area contributed by atoms with E-state index in [2.05, 4.69) is 9.97 Å². The van der Waals surface area contributed by atoms with Crippen LogP contribution in [0.25, 0.3) is 0 Å². The number of rotatable bonds is 4. The van der Waals surface area contributed by atoms with Crippen LogP contribution in [0.15, 0.2) is 0 Å². The van der Waals surface area contributed by atoms with Crippen LogP contribution < -0.4 is 0 Å². The zero-order valence-electron chi connectivity index (χ0n) is 12.6. The van der Waals surface area contributed by atoms with Crippen molar-refractivity contribution in [2.75, 3.05) is 6.61 Å². The molecule has 0 saturated carbocycles. The highest BCUT2D eigenvalue weighted by atomic mass is 16.5. The van der Waals surface area contributed by atoms with Crippen LogP contribution in [-0.4, -0.2) is 27.7 Å². The Balaban J connectivity index is 2.36. The average molecular weight is 278 g/mol. The molecule has 20 heavy (non-hydrogen) atoms. The topological polar surface area (TPSA) is 72.3 Å². The molecule has 0 saturated heterocycles. The number of aromatic nitrogens is 2. The van der Waals surface area contributed by atoms with Gasteiger partial charge in [0.15, 0.2) is 5.82 Å². The first kappa shape index (κ1) is 14.9. The maximum absolute atomic E-state index is 11.1. The van der Waals surface area contributed by atoms with Crippen LogP contribution in [0, 0.1) is 12.8 Å². The van der Waals surface area contributed by atoms with Crippen molar-refractivity contribution >= 4 is 5.97 Å². The van der Waals surface area contributed by atoms with Gasteiger partial charge in [-0.3, -0.25) is 4.79 Å². The Morgan fingerprint density at radius 3 is 2.75 bits per heavy atom. The summed E-state index contributed by atoms with van der Waals surface area (Å²) in [7, 11) is 0. The molecule has 1 N–H and O–H groups in total. The van der Waals surface area contributed by atoms with Gasteiger partial charge in [-0.05, 0) is 52.5 Å². The molecule has 1 heterocycles. The monoisotopic (exact) mass is 278 g/mol. The number of carbonyl (C=O) groups is 1. The van der Waals surface area contributed by atoms with Gasteiger partial charge in [0.25, 0.3) is 0 Å². The standard InChI is InChI=1S/C15H22N2O3/c1-5-20-15(3,4)14-16-9(2)11-8-10(13(18)19)6-7-12(11)17-14/h10H,5-8H2,1-4H3,(H,18,19). The predicted molar refractivity (Wildman–Crippen MR) is 74.6 cm³/mol. The number of aliphatic carboxylic acids is 1. The second-order valence-electron chi connectivity index (χ2n) is 5.78. The Morgan fingerprint density at radius 2 is 2.15 bits per heavy atom. The molecule has 0 spiro atoms. The van der Waals surface area contributed by atoms with Crippen molar-refractivity contribution in [3.8, 4) is 0 Å². The van der Waals surface area contributed by atoms with Gasteiger partial charge in [-0.25, -0.2) is 9.97 Å². The molecule has 0 bridgehead atoms. The third kappa shape index (κ3) is 2.82. The lowest BCUT2D eigenvalue weighted by molar-refractivity contribution is -0.142. The molecular weight excluding hydrogens is 256 g/mol. The number of hydrogen-bond acceptors (Lipinski definition) is 4. The second-order valence-corrected chi connectivity index (χ2v) is 5.78. The molecule has 110 valence electrons. The molecule has 2 rings (SSSR count). The van der Waals surface area contributed by atoms with Crippen LogP contribution in [-0.2, 0) is 28.0 Å². The molecule has 1 aromatic heterocycles. The van der Waals surface area contributed by atoms with E-state index in [-0.39, 0.29) is 5.92 Å². The summed E-state index contributed by atoms with van der Waals surface area (Å²) in [6, 6.07) is 0. The lowest BCUT2D eigenvalue weighted by Gasteiger charge is -2.27. The molecule has 1 aromatic rings. The number of aryl methyl sites for hydroxylation is 2. The first-order valence-electron chi connectivity index (χ1n) is 7.08. The van der Waals surface area contributed by atoms with E-state index in [0.29, 0.717) is 31.7 Å². The summed E-state index contributed by atoms with van der Waals surface area (Å²) in [5.41, 5.74) is 2.35. The van der Waals surface area contributed by atoms with Crippen LogP contribution >= 0.6 is 0 Å². The quantitative estimate of drug-likeness (QED) is 0.914. The molecular formula is C15H22N2O3. The minimum atomic E-state index is -0.728. The molecule has 0 fully saturated rings. The third-order valence-corrected chi connectivity index (χ3v) is 3.87. The van der Waals surface area contributed by atoms with Crippen LogP contribution in [0.5, 0.6) is 0 Å². The van der Waals surface area contributed by atoms with Gasteiger partial charge in [-0.2, -0.15) is 0 Å². The fraction of sp³-hybridized carbons (Fsp3) is 0.667. The molecule has 0 radical (unpaired) electrons. The number of hydrogen-bond donors (Lipinski definition) is 1. The Morgan fingerprint density at radius 1 is 1.45 bits per heavy atom. The molecule has 1 aliphatic rings. The van der Waals surface area contributed by atoms with Gasteiger partial charge >= 0.3 is 5.97 Å². The first-order valence-corrected chi connectivity index (χ1v) is 7.08. The summed E-state index contributed by atoms with van der Waals surface area (Å²) in [6.45, 7) is 8.40. The fourth-order valence-corrected chi connectivity index (χ4v) is 2.69. The Kier molecular flexibility index (Phi) is 4.09. The van der Waals surface area contributed by atoms with Crippen molar-refractivity contribution in [3.05, 3.63) is 22.8 Å². The van der Waals surface area contributed by atoms with Gasteiger partial charge in [0.1, 0.15) is 5.60 Å². The number of carboxylic acids is 1. The van der Waals surface area contributed by atoms with E-state index in [1.807, 2.05) is 27.7 Å². The molecule has 5 heteroatoms. The predicted octanol–water partition coefficient (Wildman–Crippen LogP) is 2.25. The SMILES string of the molecule is CCOC(C)(C)c1nc(C)c2c(n1)CCC(C(=O)O)C2. The molecule has 0 aliphatic heterocycles. The Hall–Kier alpha value is -1.49. The lowest BCUT2D eigenvalue weighted by Crippen LogP contribution is -2.29. The Labute approximate surface area is 119 Å². The summed E-state index contributed by atoms with van der Waals surface area (Å²) in [4.78, 5) is 20.3. The summed E-state index contributed by atoms with van der Waals surface area (Å²) in [5, 5.41) is 9.15. The fourth-order valence-electron chi connectivity index (χ4n) is 2.69. The van der Waals surface area contributed by atoms with E-state index in [9.17, 15) is 4.79 Å². The zero-order valence-corrected chi connectivity index (χ0v) is 12.6. The summed E-state index contributed by atoms with van der Waals surface area (Å²) >= 11 is 0. The highest BCUT2D eigenvalue weighted by Crippen LogP contribution is 2.29. The molecule has 5 nitrogen and oxygen atoms in total. The highest BCUT2D eigenvalue weighted by molar-refractivity contribution is 5.71. The van der Waals surface area contributed by atoms with E-state index in [0.717, 1.165) is 17.0 Å². The van der Waals surface area contributed by atoms with Gasteiger partial charge in [0.2, 0.25) is 0 Å². The summed E-state index contributed by atoms with van der Waals surface area (Å²) < 4.78 is 5.70. The highest BCUT2D eigenvalue weighted by Gasteiger charge is 2.30. The summed E-state index contributed by atoms with van der Waals surface area (Å²) in [6.07, 6.45) is 1.88. The van der Waals surface area contributed by atoms with E-state index in [1.165, 1.54) is 0 Å². The number of carboxylic acid groups (broad SMARTS) is 1. The number of fused-ring (bicyclic) bond motifs is 1. The maximum Gasteiger partial charge on any atom is 0.306 e. The van der Waals surface area contributed by atoms with Gasteiger partial charge in [-0.1, -0.05) is 0 Å². The largest absolute Gasteiger partial charge is 0.481 e. The minimum absolute atomic E-state index is 0.310. The average Bonchev–Trinajstić information content (AvgIpc) is 2.38. The zero-order chi connectivity index (χ0) is 14.9. The van der Waals surface area contributed by atoms with E-state index in [4.69, 9.17) is 9.84 Å². The van der Waals surface area contributed by atoms with E-state index >= 15 is 0 Å². The first-order chi connectivity index (χ1) is 9.35. The van der Waals surface area contributed by atoms with Crippen molar-refractivity contribution < 1.29 is 14.6 Å². The van der Waals surface area contributed by atoms with Crippen molar-refractivity contribution in [2.45, 2.75) is 52.6 Å². The lowest BCUT2D eigenvalue weighted by atomic mass is 9.85. The molecule has 0 aromatic carbocycles. The normalized spacial score (nSPS) is 18.7. The van der Waals surface area contributed by atoms with Crippen molar-refractivity contribution in [2.24, 2.45) is 5.92 Å². The number of nitrogens with zero attached hydrogens (tertiary/aromatic N) is 2. The number of ether oxygens (including phenoxy) is 1. The summed E-state index contributed by atoms with van der Waals surface area (Å²) in [5.74, 6) is -0.353. The Bertz CT molecular complexity index is 526. The minimum Gasteiger partial charge on any atom is -0.481 e. The maximum atomic E-state index is 11.1. The van der Waals surface area contributed by atoms with Crippen LogP contribution in [0.1, 0.15) is 50.0 Å². The van der Waals surface area contributed by atoms with Crippen LogP contribution in [0.4, 0.5) is 0 Å². The molecule has 1 atom stereocenters. The second kappa shape index (κ2) is 5.48. The van der Waals surface area contributed by atoms with Gasteiger partial charge in [0.05, 0.1) is 5.92 Å². The molecule has 0 amide bonds. The van der Waals surface area contributed by atoms with E-state index < -0.39 is 11.6 Å². The third-order valence-electron chi connectivity index (χ3n) is 3.87. The van der Waals surface area contributed by atoms with Crippen LogP contribution in [0.2, 0.25) is 0 Å².